The third kappa shape index (κ3) is 2.41. The lowest BCUT2D eigenvalue weighted by molar-refractivity contribution is 0.0784. The van der Waals surface area contributed by atoms with Crippen LogP contribution in [0.3, 0.4) is 0 Å². The highest BCUT2D eigenvalue weighted by molar-refractivity contribution is 5.92. The first-order chi connectivity index (χ1) is 10.7. The number of aromatic amines is 1. The van der Waals surface area contributed by atoms with Crippen LogP contribution in [0.2, 0.25) is 0 Å². The maximum atomic E-state index is 12.6. The zero-order valence-electron chi connectivity index (χ0n) is 12.4. The molecule has 1 amide bonds. The van der Waals surface area contributed by atoms with Gasteiger partial charge in [-0.15, -0.1) is 0 Å². The van der Waals surface area contributed by atoms with Crippen molar-refractivity contribution < 1.29 is 4.79 Å². The molecule has 4 rings (SSSR count). The highest BCUT2D eigenvalue weighted by Crippen LogP contribution is 2.38. The molecule has 114 valence electrons. The Balaban J connectivity index is 1.49. The van der Waals surface area contributed by atoms with E-state index < -0.39 is 0 Å². The third-order valence-corrected chi connectivity index (χ3v) is 4.67. The number of amides is 1. The van der Waals surface area contributed by atoms with E-state index in [1.165, 1.54) is 18.4 Å². The van der Waals surface area contributed by atoms with Crippen LogP contribution < -0.4 is 5.73 Å². The number of hydrogen-bond acceptors (Lipinski definition) is 3. The quantitative estimate of drug-likeness (QED) is 0.907. The zero-order chi connectivity index (χ0) is 15.1. The summed E-state index contributed by atoms with van der Waals surface area (Å²) in [6.45, 7) is 1.26. The third-order valence-electron chi connectivity index (χ3n) is 4.67. The summed E-state index contributed by atoms with van der Waals surface area (Å²) in [6.07, 6.45) is 4.01. The molecule has 0 unspecified atom stereocenters. The van der Waals surface area contributed by atoms with Crippen LogP contribution in [0.25, 0.3) is 0 Å². The molecule has 0 spiro atoms. The van der Waals surface area contributed by atoms with Gasteiger partial charge in [0, 0.05) is 31.0 Å². The molecule has 1 saturated carbocycles. The SMILES string of the molecule is N[C@@H]1CN(C(=O)c2cnc(C3CC3)[nH]2)C[C@H]1c1ccccc1. The van der Waals surface area contributed by atoms with Crippen molar-refractivity contribution >= 4 is 5.91 Å². The van der Waals surface area contributed by atoms with Crippen molar-refractivity contribution in [2.75, 3.05) is 13.1 Å². The predicted molar refractivity (Wildman–Crippen MR) is 83.6 cm³/mol. The van der Waals surface area contributed by atoms with Gasteiger partial charge >= 0.3 is 0 Å². The average Bonchev–Trinajstić information content (AvgIpc) is 3.15. The van der Waals surface area contributed by atoms with Gasteiger partial charge in [-0.25, -0.2) is 4.98 Å². The number of rotatable bonds is 3. The van der Waals surface area contributed by atoms with E-state index in [1.54, 1.807) is 6.20 Å². The molecule has 0 radical (unpaired) electrons. The topological polar surface area (TPSA) is 75.0 Å². The molecule has 2 fully saturated rings. The van der Waals surface area contributed by atoms with E-state index in [9.17, 15) is 4.79 Å². The Labute approximate surface area is 129 Å². The van der Waals surface area contributed by atoms with Gasteiger partial charge in [-0.1, -0.05) is 30.3 Å². The summed E-state index contributed by atoms with van der Waals surface area (Å²) in [5, 5.41) is 0. The molecular weight excluding hydrogens is 276 g/mol. The van der Waals surface area contributed by atoms with Crippen molar-refractivity contribution in [3.8, 4) is 0 Å². The number of aromatic nitrogens is 2. The fourth-order valence-electron chi connectivity index (χ4n) is 3.23. The van der Waals surface area contributed by atoms with E-state index in [0.29, 0.717) is 24.7 Å². The first kappa shape index (κ1) is 13.5. The number of H-pyrrole nitrogens is 1. The lowest BCUT2D eigenvalue weighted by Gasteiger charge is -2.15. The number of nitrogens with zero attached hydrogens (tertiary/aromatic N) is 2. The molecule has 22 heavy (non-hydrogen) atoms. The summed E-state index contributed by atoms with van der Waals surface area (Å²) in [5.41, 5.74) is 8.05. The van der Waals surface area contributed by atoms with Gasteiger partial charge in [0.2, 0.25) is 0 Å². The Morgan fingerprint density at radius 2 is 2.00 bits per heavy atom. The average molecular weight is 296 g/mol. The number of hydrogen-bond donors (Lipinski definition) is 2. The lowest BCUT2D eigenvalue weighted by Crippen LogP contribution is -2.32. The summed E-state index contributed by atoms with van der Waals surface area (Å²) in [7, 11) is 0. The first-order valence-corrected chi connectivity index (χ1v) is 7.87. The molecule has 1 aromatic heterocycles. The molecule has 0 bridgehead atoms. The van der Waals surface area contributed by atoms with Crippen molar-refractivity contribution in [2.45, 2.75) is 30.7 Å². The minimum absolute atomic E-state index is 0.00767. The van der Waals surface area contributed by atoms with Crippen molar-refractivity contribution in [2.24, 2.45) is 5.73 Å². The molecule has 1 aliphatic heterocycles. The summed E-state index contributed by atoms with van der Waals surface area (Å²) >= 11 is 0. The van der Waals surface area contributed by atoms with Crippen LogP contribution in [0, 0.1) is 0 Å². The van der Waals surface area contributed by atoms with Crippen molar-refractivity contribution in [3.05, 3.63) is 53.6 Å². The van der Waals surface area contributed by atoms with Crippen molar-refractivity contribution in [1.82, 2.24) is 14.9 Å². The standard InChI is InChI=1S/C17H20N4O/c18-14-10-21(9-13(14)11-4-2-1-3-5-11)17(22)15-8-19-16(20-15)12-6-7-12/h1-5,8,12-14H,6-7,9-10,18H2,(H,19,20)/t13-,14+/m0/s1. The van der Waals surface area contributed by atoms with Gasteiger partial charge in [-0.3, -0.25) is 4.79 Å². The normalized spacial score (nSPS) is 24.7. The summed E-state index contributed by atoms with van der Waals surface area (Å²) in [4.78, 5) is 22.0. The van der Waals surface area contributed by atoms with Crippen LogP contribution in [0.15, 0.2) is 36.5 Å². The van der Waals surface area contributed by atoms with Gasteiger partial charge in [0.05, 0.1) is 6.20 Å². The number of carbonyl (C=O) groups is 1. The van der Waals surface area contributed by atoms with Gasteiger partial charge in [-0.2, -0.15) is 0 Å². The molecule has 1 aromatic carbocycles. The number of benzene rings is 1. The second-order valence-electron chi connectivity index (χ2n) is 6.35. The number of nitrogens with one attached hydrogen (secondary N) is 1. The van der Waals surface area contributed by atoms with E-state index >= 15 is 0 Å². The van der Waals surface area contributed by atoms with E-state index in [4.69, 9.17) is 5.73 Å². The Morgan fingerprint density at radius 3 is 2.73 bits per heavy atom. The van der Waals surface area contributed by atoms with Crippen molar-refractivity contribution in [3.63, 3.8) is 0 Å². The fourth-order valence-corrected chi connectivity index (χ4v) is 3.23. The second-order valence-corrected chi connectivity index (χ2v) is 6.35. The summed E-state index contributed by atoms with van der Waals surface area (Å²) in [5.74, 6) is 1.69. The molecule has 2 aromatic rings. The summed E-state index contributed by atoms with van der Waals surface area (Å²) < 4.78 is 0. The second kappa shape index (κ2) is 5.25. The minimum atomic E-state index is -0.0165. The van der Waals surface area contributed by atoms with Crippen LogP contribution in [-0.2, 0) is 0 Å². The Hall–Kier alpha value is -2.14. The molecule has 5 heteroatoms. The van der Waals surface area contributed by atoms with Gasteiger partial charge in [0.1, 0.15) is 11.5 Å². The van der Waals surface area contributed by atoms with Gasteiger partial charge in [0.25, 0.3) is 5.91 Å². The molecule has 2 atom stereocenters. The maximum Gasteiger partial charge on any atom is 0.271 e. The molecule has 1 aliphatic carbocycles. The molecule has 2 heterocycles. The van der Waals surface area contributed by atoms with E-state index in [-0.39, 0.29) is 17.9 Å². The van der Waals surface area contributed by atoms with Crippen LogP contribution in [-0.4, -0.2) is 39.9 Å². The maximum absolute atomic E-state index is 12.6. The zero-order valence-corrected chi connectivity index (χ0v) is 12.4. The highest BCUT2D eigenvalue weighted by atomic mass is 16.2. The lowest BCUT2D eigenvalue weighted by atomic mass is 9.95. The molecule has 3 N–H and O–H groups in total. The Kier molecular flexibility index (Phi) is 3.22. The van der Waals surface area contributed by atoms with Crippen LogP contribution >= 0.6 is 0 Å². The smallest absolute Gasteiger partial charge is 0.271 e. The van der Waals surface area contributed by atoms with Crippen molar-refractivity contribution in [1.29, 1.82) is 0 Å². The molecule has 2 aliphatic rings. The van der Waals surface area contributed by atoms with Gasteiger partial charge in [-0.05, 0) is 18.4 Å². The molecule has 5 nitrogen and oxygen atoms in total. The summed E-state index contributed by atoms with van der Waals surface area (Å²) in [6, 6.07) is 10.2. The predicted octanol–water partition coefficient (Wildman–Crippen LogP) is 1.85. The van der Waals surface area contributed by atoms with Gasteiger partial charge in [0.15, 0.2) is 0 Å². The van der Waals surface area contributed by atoms with Crippen LogP contribution in [0.4, 0.5) is 0 Å². The highest BCUT2D eigenvalue weighted by Gasteiger charge is 2.35. The number of carbonyl (C=O) groups excluding carboxylic acids is 1. The number of nitrogens with two attached hydrogens (primary N) is 1. The van der Waals surface area contributed by atoms with E-state index in [1.807, 2.05) is 23.1 Å². The first-order valence-electron chi connectivity index (χ1n) is 7.87. The van der Waals surface area contributed by atoms with Crippen LogP contribution in [0.1, 0.15) is 46.6 Å². The number of imidazole rings is 1. The monoisotopic (exact) mass is 296 g/mol. The van der Waals surface area contributed by atoms with E-state index in [2.05, 4.69) is 22.1 Å². The molecular formula is C17H20N4O. The minimum Gasteiger partial charge on any atom is -0.338 e. The fraction of sp³-hybridized carbons (Fsp3) is 0.412. The van der Waals surface area contributed by atoms with E-state index in [0.717, 1.165) is 5.82 Å². The Morgan fingerprint density at radius 1 is 1.23 bits per heavy atom. The largest absolute Gasteiger partial charge is 0.338 e. The van der Waals surface area contributed by atoms with Crippen LogP contribution in [0.5, 0.6) is 0 Å². The van der Waals surface area contributed by atoms with Gasteiger partial charge < -0.3 is 15.6 Å². The Bertz CT molecular complexity index is 677. The number of likely N-dealkylation sites (tertiary alicyclic amines) is 1. The molecule has 1 saturated heterocycles.